The molecular formula is C23H44N2O4Si. The predicted molar refractivity (Wildman–Crippen MR) is 123 cm³/mol. The summed E-state index contributed by atoms with van der Waals surface area (Å²) in [4.78, 5) is 28.5. The summed E-state index contributed by atoms with van der Waals surface area (Å²) in [5.41, 5.74) is -0.987. The van der Waals surface area contributed by atoms with E-state index in [0.29, 0.717) is 0 Å². The van der Waals surface area contributed by atoms with Gasteiger partial charge in [-0.25, -0.2) is 0 Å². The molecule has 174 valence electrons. The fourth-order valence-corrected chi connectivity index (χ4v) is 8.38. The summed E-state index contributed by atoms with van der Waals surface area (Å²) in [7, 11) is -1.88. The third-order valence-corrected chi connectivity index (χ3v) is 8.26. The Balaban J connectivity index is 2.05. The van der Waals surface area contributed by atoms with Gasteiger partial charge in [-0.05, 0) is 87.6 Å². The molecule has 7 heteroatoms. The Morgan fingerprint density at radius 2 is 0.900 bits per heavy atom. The second-order valence-corrected chi connectivity index (χ2v) is 13.5. The Kier molecular flexibility index (Phi) is 6.93. The van der Waals surface area contributed by atoms with Crippen molar-refractivity contribution in [1.29, 1.82) is 0 Å². The van der Waals surface area contributed by atoms with Crippen LogP contribution in [-0.2, 0) is 18.4 Å². The minimum atomic E-state index is -1.88. The second kappa shape index (κ2) is 8.21. The van der Waals surface area contributed by atoms with Crippen LogP contribution in [0.1, 0.15) is 94.9 Å². The van der Waals surface area contributed by atoms with Gasteiger partial charge in [-0.2, -0.15) is 0 Å². The summed E-state index contributed by atoms with van der Waals surface area (Å²) in [6, 6.07) is 0. The first-order valence-electron chi connectivity index (χ1n) is 11.3. The lowest BCUT2D eigenvalue weighted by atomic mass is 9.78. The molecule has 30 heavy (non-hydrogen) atoms. The van der Waals surface area contributed by atoms with Crippen LogP contribution in [0.3, 0.4) is 0 Å². The summed E-state index contributed by atoms with van der Waals surface area (Å²) in [6.45, 7) is 22.4. The summed E-state index contributed by atoms with van der Waals surface area (Å²) in [5.74, 6) is 0.235. The zero-order chi connectivity index (χ0) is 23.3. The van der Waals surface area contributed by atoms with Crippen LogP contribution in [0.4, 0.5) is 0 Å². The monoisotopic (exact) mass is 440 g/mol. The summed E-state index contributed by atoms with van der Waals surface area (Å²) >= 11 is 0. The number of hydrogen-bond donors (Lipinski definition) is 0. The first-order valence-corrected chi connectivity index (χ1v) is 13.4. The van der Waals surface area contributed by atoms with Crippen LogP contribution in [0, 0.1) is 0 Å². The quantitative estimate of drug-likeness (QED) is 0.620. The highest BCUT2D eigenvalue weighted by Crippen LogP contribution is 2.41. The average Bonchev–Trinajstić information content (AvgIpc) is 2.38. The van der Waals surface area contributed by atoms with E-state index in [1.165, 1.54) is 0 Å². The number of rotatable bonds is 4. The van der Waals surface area contributed by atoms with Gasteiger partial charge in [0.25, 0.3) is 0 Å². The van der Waals surface area contributed by atoms with Crippen molar-refractivity contribution in [3.8, 4) is 0 Å². The lowest BCUT2D eigenvalue weighted by Gasteiger charge is -2.56. The second-order valence-electron chi connectivity index (χ2n) is 11.9. The van der Waals surface area contributed by atoms with E-state index >= 15 is 0 Å². The Labute approximate surface area is 185 Å². The van der Waals surface area contributed by atoms with Gasteiger partial charge >= 0.3 is 9.28 Å². The van der Waals surface area contributed by atoms with E-state index in [0.717, 1.165) is 25.7 Å². The number of piperidine rings is 2. The maximum Gasteiger partial charge on any atom is 0.318 e. The molecule has 0 aromatic heterocycles. The van der Waals surface area contributed by atoms with Crippen molar-refractivity contribution in [3.05, 3.63) is 0 Å². The van der Waals surface area contributed by atoms with Gasteiger partial charge in [-0.15, -0.1) is 0 Å². The highest BCUT2D eigenvalue weighted by molar-refractivity contribution is 6.42. The van der Waals surface area contributed by atoms with Gasteiger partial charge < -0.3 is 18.7 Å². The average molecular weight is 441 g/mol. The molecule has 6 nitrogen and oxygen atoms in total. The van der Waals surface area contributed by atoms with Crippen molar-refractivity contribution in [2.75, 3.05) is 0 Å². The Bertz CT molecular complexity index is 582. The summed E-state index contributed by atoms with van der Waals surface area (Å²) < 4.78 is 13.0. The third kappa shape index (κ3) is 5.28. The lowest BCUT2D eigenvalue weighted by Crippen LogP contribution is -2.64. The number of carbonyl (C=O) groups excluding carboxylic acids is 2. The number of carbonyl (C=O) groups is 2. The first kappa shape index (κ1) is 25.3. The number of likely N-dealkylation sites (tertiary alicyclic amines) is 2. The smallest absolute Gasteiger partial charge is 0.318 e. The van der Waals surface area contributed by atoms with Gasteiger partial charge in [-0.1, -0.05) is 0 Å². The molecule has 0 radical (unpaired) electrons. The van der Waals surface area contributed by atoms with Crippen LogP contribution in [0.25, 0.3) is 0 Å². The van der Waals surface area contributed by atoms with Crippen LogP contribution in [0.2, 0.25) is 6.55 Å². The largest absolute Gasteiger partial charge is 0.393 e. The van der Waals surface area contributed by atoms with Crippen LogP contribution < -0.4 is 0 Å². The molecule has 2 rings (SSSR count). The molecule has 0 aromatic rings. The van der Waals surface area contributed by atoms with Gasteiger partial charge in [0.2, 0.25) is 11.8 Å². The number of nitrogens with zero attached hydrogens (tertiary/aromatic N) is 2. The van der Waals surface area contributed by atoms with E-state index in [1.807, 2.05) is 9.80 Å². The van der Waals surface area contributed by atoms with E-state index < -0.39 is 9.28 Å². The molecule has 0 atom stereocenters. The molecule has 0 spiro atoms. The van der Waals surface area contributed by atoms with Crippen molar-refractivity contribution in [3.63, 3.8) is 0 Å². The van der Waals surface area contributed by atoms with Gasteiger partial charge in [0.1, 0.15) is 0 Å². The zero-order valence-corrected chi connectivity index (χ0v) is 22.2. The van der Waals surface area contributed by atoms with Crippen LogP contribution >= 0.6 is 0 Å². The van der Waals surface area contributed by atoms with Crippen molar-refractivity contribution in [1.82, 2.24) is 9.80 Å². The molecule has 0 N–H and O–H groups in total. The molecule has 2 amide bonds. The molecular weight excluding hydrogens is 396 g/mol. The van der Waals surface area contributed by atoms with E-state index in [4.69, 9.17) is 8.85 Å². The number of amides is 2. The summed E-state index contributed by atoms with van der Waals surface area (Å²) in [5, 5.41) is 0. The van der Waals surface area contributed by atoms with Crippen molar-refractivity contribution in [2.45, 2.75) is 136 Å². The van der Waals surface area contributed by atoms with E-state index in [1.54, 1.807) is 13.8 Å². The summed E-state index contributed by atoms with van der Waals surface area (Å²) in [6.07, 6.45) is 3.44. The van der Waals surface area contributed by atoms with Crippen LogP contribution in [0.5, 0.6) is 0 Å². The fourth-order valence-electron chi connectivity index (χ4n) is 6.85. The van der Waals surface area contributed by atoms with Crippen LogP contribution in [0.15, 0.2) is 0 Å². The molecule has 2 heterocycles. The van der Waals surface area contributed by atoms with E-state index in [9.17, 15) is 9.59 Å². The molecule has 2 aliphatic heterocycles. The highest BCUT2D eigenvalue weighted by atomic mass is 28.3. The SMILES string of the molecule is CC(=O)N1C(C)(C)CC(O[SiH](C)OC2CC(C)(C)N(C(C)=O)C(C)(C)C2)CC1(C)C. The van der Waals surface area contributed by atoms with E-state index in [2.05, 4.69) is 61.9 Å². The van der Waals surface area contributed by atoms with Gasteiger partial charge in [-0.3, -0.25) is 9.59 Å². The van der Waals surface area contributed by atoms with Gasteiger partial charge in [0.15, 0.2) is 0 Å². The molecule has 0 bridgehead atoms. The van der Waals surface area contributed by atoms with Crippen LogP contribution in [-0.4, -0.2) is 65.3 Å². The molecule has 0 saturated carbocycles. The maximum absolute atomic E-state index is 12.3. The Morgan fingerprint density at radius 3 is 1.10 bits per heavy atom. The Hall–Kier alpha value is -0.923. The minimum absolute atomic E-state index is 0.0885. The number of hydrogen-bond acceptors (Lipinski definition) is 4. The molecule has 0 unspecified atom stereocenters. The first-order chi connectivity index (χ1) is 13.4. The molecule has 0 aromatic carbocycles. The fraction of sp³-hybridized carbons (Fsp3) is 0.913. The normalized spacial score (nSPS) is 26.1. The van der Waals surface area contributed by atoms with E-state index in [-0.39, 0.29) is 46.2 Å². The van der Waals surface area contributed by atoms with Crippen molar-refractivity contribution in [2.24, 2.45) is 0 Å². The topological polar surface area (TPSA) is 59.1 Å². The Morgan fingerprint density at radius 1 is 0.667 bits per heavy atom. The van der Waals surface area contributed by atoms with Gasteiger partial charge in [0.05, 0.1) is 12.2 Å². The maximum atomic E-state index is 12.3. The third-order valence-electron chi connectivity index (χ3n) is 6.73. The van der Waals surface area contributed by atoms with Gasteiger partial charge in [0, 0.05) is 36.0 Å². The molecule has 2 fully saturated rings. The molecule has 0 aliphatic carbocycles. The molecule has 2 saturated heterocycles. The minimum Gasteiger partial charge on any atom is -0.393 e. The van der Waals surface area contributed by atoms with Crippen molar-refractivity contribution < 1.29 is 18.4 Å². The van der Waals surface area contributed by atoms with Crippen molar-refractivity contribution >= 4 is 21.1 Å². The molecule has 2 aliphatic rings. The lowest BCUT2D eigenvalue weighted by molar-refractivity contribution is -0.153. The highest BCUT2D eigenvalue weighted by Gasteiger charge is 2.49. The predicted octanol–water partition coefficient (Wildman–Crippen LogP) is 4.01. The standard InChI is InChI=1S/C23H44N2O4Si/c1-16(26)24-20(3,4)12-18(13-21(24,5)6)28-30(11)29-19-14-22(7,8)25(17(2)27)23(9,10)15-19/h18-19,30H,12-15H2,1-11H3. The zero-order valence-electron chi connectivity index (χ0n) is 21.1.